The summed E-state index contributed by atoms with van der Waals surface area (Å²) in [7, 11) is 3.06. The molecule has 24 heavy (non-hydrogen) atoms. The molecule has 5 nitrogen and oxygen atoms in total. The maximum Gasteiger partial charge on any atom is 0.259 e. The lowest BCUT2D eigenvalue weighted by Gasteiger charge is -2.30. The van der Waals surface area contributed by atoms with Crippen LogP contribution in [0.25, 0.3) is 6.08 Å². The van der Waals surface area contributed by atoms with E-state index in [1.807, 2.05) is 12.1 Å². The average molecular weight is 320 g/mol. The van der Waals surface area contributed by atoms with Crippen LogP contribution in [0.4, 0.5) is 0 Å². The molecule has 1 atom stereocenters. The van der Waals surface area contributed by atoms with Crippen LogP contribution in [0.1, 0.15) is 27.5 Å². The molecule has 2 aromatic carbocycles. The van der Waals surface area contributed by atoms with Crippen LogP contribution in [0.5, 0.6) is 11.5 Å². The molecular formula is C19H16N2O3. The van der Waals surface area contributed by atoms with Crippen molar-refractivity contribution in [3.63, 3.8) is 0 Å². The first-order valence-electron chi connectivity index (χ1n) is 7.41. The van der Waals surface area contributed by atoms with E-state index in [1.54, 1.807) is 42.6 Å². The molecule has 1 heterocycles. The van der Waals surface area contributed by atoms with Crippen LogP contribution >= 0.6 is 0 Å². The molecular weight excluding hydrogens is 304 g/mol. The number of carbonyl (C=O) groups excluding carboxylic acids is 1. The van der Waals surface area contributed by atoms with Crippen molar-refractivity contribution in [3.05, 3.63) is 65.4 Å². The summed E-state index contributed by atoms with van der Waals surface area (Å²) in [5.41, 5.74) is 1.98. The van der Waals surface area contributed by atoms with Crippen molar-refractivity contribution in [2.45, 2.75) is 6.04 Å². The molecule has 0 bridgehead atoms. The van der Waals surface area contributed by atoms with Gasteiger partial charge in [-0.1, -0.05) is 24.3 Å². The minimum absolute atomic E-state index is 0.242. The zero-order valence-electron chi connectivity index (χ0n) is 13.4. The summed E-state index contributed by atoms with van der Waals surface area (Å²) in [4.78, 5) is 14.2. The Bertz CT molecular complexity index is 838. The monoisotopic (exact) mass is 320 g/mol. The quantitative estimate of drug-likeness (QED) is 0.869. The van der Waals surface area contributed by atoms with Crippen LogP contribution in [-0.4, -0.2) is 25.0 Å². The molecule has 0 saturated carbocycles. The highest BCUT2D eigenvalue weighted by Gasteiger charge is 2.32. The van der Waals surface area contributed by atoms with E-state index in [9.17, 15) is 10.1 Å². The number of nitrogens with zero attached hydrogens (tertiary/aromatic N) is 2. The second kappa shape index (κ2) is 6.47. The third kappa shape index (κ3) is 2.48. The summed E-state index contributed by atoms with van der Waals surface area (Å²) < 4.78 is 10.8. The molecule has 0 fully saturated rings. The lowest BCUT2D eigenvalue weighted by atomic mass is 9.94. The molecule has 0 radical (unpaired) electrons. The maximum absolute atomic E-state index is 12.8. The zero-order valence-corrected chi connectivity index (χ0v) is 13.4. The standard InChI is InChI=1S/C19H16N2O3/c1-23-16-9-8-13-10-11-21(15(12-20)17(13)18(16)24-2)19(22)14-6-4-3-5-7-14/h3-11,15H,1-2H3. The Labute approximate surface area is 140 Å². The molecule has 2 aromatic rings. The molecule has 0 saturated heterocycles. The first kappa shape index (κ1) is 15.6. The van der Waals surface area contributed by atoms with Crippen molar-refractivity contribution in [1.82, 2.24) is 4.90 Å². The second-order valence-electron chi connectivity index (χ2n) is 5.23. The van der Waals surface area contributed by atoms with Crippen molar-refractivity contribution >= 4 is 12.0 Å². The van der Waals surface area contributed by atoms with Crippen LogP contribution in [0, 0.1) is 11.3 Å². The Morgan fingerprint density at radius 3 is 2.50 bits per heavy atom. The minimum Gasteiger partial charge on any atom is -0.493 e. The van der Waals surface area contributed by atoms with Gasteiger partial charge >= 0.3 is 0 Å². The summed E-state index contributed by atoms with van der Waals surface area (Å²) >= 11 is 0. The lowest BCUT2D eigenvalue weighted by molar-refractivity contribution is 0.0793. The summed E-state index contributed by atoms with van der Waals surface area (Å²) in [6, 6.07) is 13.9. The molecule has 1 aliphatic heterocycles. The normalized spacial score (nSPS) is 15.4. The van der Waals surface area contributed by atoms with Gasteiger partial charge in [0.05, 0.1) is 20.3 Å². The van der Waals surface area contributed by atoms with Gasteiger partial charge in [0.2, 0.25) is 0 Å². The van der Waals surface area contributed by atoms with Crippen LogP contribution in [0.3, 0.4) is 0 Å². The highest BCUT2D eigenvalue weighted by molar-refractivity contribution is 5.96. The van der Waals surface area contributed by atoms with Gasteiger partial charge in [-0.3, -0.25) is 9.69 Å². The number of nitriles is 1. The summed E-state index contributed by atoms with van der Waals surface area (Å²) in [5.74, 6) is 0.754. The van der Waals surface area contributed by atoms with E-state index in [0.29, 0.717) is 22.6 Å². The van der Waals surface area contributed by atoms with E-state index in [2.05, 4.69) is 6.07 Å². The number of ether oxygens (including phenoxy) is 2. The van der Waals surface area contributed by atoms with Gasteiger partial charge in [0.25, 0.3) is 5.91 Å². The number of carbonyl (C=O) groups is 1. The van der Waals surface area contributed by atoms with Crippen molar-refractivity contribution in [2.75, 3.05) is 14.2 Å². The first-order chi connectivity index (χ1) is 11.7. The van der Waals surface area contributed by atoms with Gasteiger partial charge in [0, 0.05) is 17.3 Å². The zero-order chi connectivity index (χ0) is 17.1. The molecule has 0 aliphatic carbocycles. The van der Waals surface area contributed by atoms with E-state index in [0.717, 1.165) is 5.56 Å². The molecule has 120 valence electrons. The van der Waals surface area contributed by atoms with Gasteiger partial charge in [-0.05, 0) is 29.8 Å². The number of hydrogen-bond acceptors (Lipinski definition) is 4. The van der Waals surface area contributed by atoms with Gasteiger partial charge in [0.1, 0.15) is 0 Å². The van der Waals surface area contributed by atoms with Gasteiger partial charge in [0.15, 0.2) is 17.5 Å². The first-order valence-corrected chi connectivity index (χ1v) is 7.41. The van der Waals surface area contributed by atoms with E-state index >= 15 is 0 Å². The SMILES string of the molecule is COc1ccc2c(c1OC)C(C#N)N(C(=O)c1ccccc1)C=C2. The fraction of sp³-hybridized carbons (Fsp3) is 0.158. The van der Waals surface area contributed by atoms with E-state index in [1.165, 1.54) is 19.1 Å². The largest absolute Gasteiger partial charge is 0.493 e. The highest BCUT2D eigenvalue weighted by atomic mass is 16.5. The van der Waals surface area contributed by atoms with Crippen molar-refractivity contribution in [3.8, 4) is 17.6 Å². The summed E-state index contributed by atoms with van der Waals surface area (Å²) in [6.45, 7) is 0. The Kier molecular flexibility index (Phi) is 4.21. The van der Waals surface area contributed by atoms with E-state index in [4.69, 9.17) is 9.47 Å². The molecule has 0 aromatic heterocycles. The van der Waals surface area contributed by atoms with Crippen LogP contribution in [0.2, 0.25) is 0 Å². The topological polar surface area (TPSA) is 62.6 Å². The number of benzene rings is 2. The average Bonchev–Trinajstić information content (AvgIpc) is 2.65. The van der Waals surface area contributed by atoms with Crippen LogP contribution < -0.4 is 9.47 Å². The molecule has 1 aliphatic rings. The Morgan fingerprint density at radius 2 is 1.88 bits per heavy atom. The molecule has 1 amide bonds. The molecule has 3 rings (SSSR count). The van der Waals surface area contributed by atoms with Gasteiger partial charge < -0.3 is 9.47 Å². The van der Waals surface area contributed by atoms with Crippen LogP contribution in [0.15, 0.2) is 48.7 Å². The summed E-state index contributed by atoms with van der Waals surface area (Å²) in [6.07, 6.45) is 3.43. The highest BCUT2D eigenvalue weighted by Crippen LogP contribution is 2.42. The van der Waals surface area contributed by atoms with Gasteiger partial charge in [-0.15, -0.1) is 0 Å². The smallest absolute Gasteiger partial charge is 0.259 e. The third-order valence-electron chi connectivity index (χ3n) is 3.96. The summed E-state index contributed by atoms with van der Waals surface area (Å²) in [5, 5.41) is 9.71. The maximum atomic E-state index is 12.8. The number of fused-ring (bicyclic) bond motifs is 1. The third-order valence-corrected chi connectivity index (χ3v) is 3.96. The molecule has 0 N–H and O–H groups in total. The Morgan fingerprint density at radius 1 is 1.12 bits per heavy atom. The van der Waals surface area contributed by atoms with E-state index < -0.39 is 6.04 Å². The number of amides is 1. The molecule has 1 unspecified atom stereocenters. The van der Waals surface area contributed by atoms with Gasteiger partial charge in [-0.2, -0.15) is 5.26 Å². The van der Waals surface area contributed by atoms with E-state index in [-0.39, 0.29) is 5.91 Å². The fourth-order valence-corrected chi connectivity index (χ4v) is 2.82. The van der Waals surface area contributed by atoms with Crippen LogP contribution in [-0.2, 0) is 0 Å². The predicted octanol–water partition coefficient (Wildman–Crippen LogP) is 3.40. The Hall–Kier alpha value is -3.26. The number of methoxy groups -OCH3 is 2. The van der Waals surface area contributed by atoms with Crippen molar-refractivity contribution < 1.29 is 14.3 Å². The number of hydrogen-bond donors (Lipinski definition) is 0. The fourth-order valence-electron chi connectivity index (χ4n) is 2.82. The van der Waals surface area contributed by atoms with Gasteiger partial charge in [-0.25, -0.2) is 0 Å². The van der Waals surface area contributed by atoms with Crippen molar-refractivity contribution in [1.29, 1.82) is 5.26 Å². The lowest BCUT2D eigenvalue weighted by Crippen LogP contribution is -2.32. The van der Waals surface area contributed by atoms with Crippen molar-refractivity contribution in [2.24, 2.45) is 0 Å². The predicted molar refractivity (Wildman–Crippen MR) is 89.5 cm³/mol. The Balaban J connectivity index is 2.10. The number of rotatable bonds is 3. The second-order valence-corrected chi connectivity index (χ2v) is 5.23. The molecule has 5 heteroatoms. The minimum atomic E-state index is -0.789. The molecule has 0 spiro atoms.